The van der Waals surface area contributed by atoms with Crippen molar-refractivity contribution in [1.82, 2.24) is 10.6 Å². The summed E-state index contributed by atoms with van der Waals surface area (Å²) < 4.78 is 9.53. The molecule has 0 aromatic rings. The molecule has 0 unspecified atom stereocenters. The maximum atomic E-state index is 11.1. The second kappa shape index (κ2) is 7.60. The number of hydrogen-bond donors (Lipinski definition) is 3. The Balaban J connectivity index is 3.87. The van der Waals surface area contributed by atoms with E-state index < -0.39 is 30.6 Å². The van der Waals surface area contributed by atoms with Gasteiger partial charge in [0, 0.05) is 14.2 Å². The fourth-order valence-corrected chi connectivity index (χ4v) is 0.755. The summed E-state index contributed by atoms with van der Waals surface area (Å²) in [7, 11) is 2.76. The number of methoxy groups -OCH3 is 2. The van der Waals surface area contributed by atoms with E-state index in [4.69, 9.17) is 14.6 Å². The second-order valence-corrected chi connectivity index (χ2v) is 2.69. The zero-order valence-corrected chi connectivity index (χ0v) is 8.98. The van der Waals surface area contributed by atoms with Crippen molar-refractivity contribution in [2.24, 2.45) is 0 Å². The molecule has 16 heavy (non-hydrogen) atoms. The number of aliphatic carboxylic acids is 1. The minimum atomic E-state index is -1.23. The molecule has 0 rings (SSSR count). The molecule has 0 aliphatic carbocycles. The van der Waals surface area contributed by atoms with Crippen LogP contribution in [0.4, 0.5) is 0 Å². The first-order valence-electron chi connectivity index (χ1n) is 4.34. The molecule has 0 aliphatic heterocycles. The van der Waals surface area contributed by atoms with Gasteiger partial charge >= 0.3 is 17.8 Å². The zero-order valence-electron chi connectivity index (χ0n) is 8.98. The maximum Gasteiger partial charge on any atom is 0.322 e. The standard InChI is InChI=1S/C8H14N2O6/c1-15-6(16-2)4-10-8(14)7(13)9-3-5(11)12/h6H,3-4H2,1-2H3,(H,9,13)(H,10,14)(H,11,12). The topological polar surface area (TPSA) is 114 Å². The molecule has 0 fully saturated rings. The van der Waals surface area contributed by atoms with Crippen LogP contribution in [0.2, 0.25) is 0 Å². The summed E-state index contributed by atoms with van der Waals surface area (Å²) in [6, 6.07) is 0. The SMILES string of the molecule is COC(CNC(=O)C(=O)NCC(=O)O)OC. The van der Waals surface area contributed by atoms with Gasteiger partial charge in [0.05, 0.1) is 6.54 Å². The van der Waals surface area contributed by atoms with Crippen molar-refractivity contribution in [3.8, 4) is 0 Å². The summed E-state index contributed by atoms with van der Waals surface area (Å²) >= 11 is 0. The third-order valence-electron chi connectivity index (χ3n) is 1.56. The van der Waals surface area contributed by atoms with Gasteiger partial charge in [-0.2, -0.15) is 0 Å². The van der Waals surface area contributed by atoms with Crippen molar-refractivity contribution in [1.29, 1.82) is 0 Å². The van der Waals surface area contributed by atoms with Crippen molar-refractivity contribution in [2.45, 2.75) is 6.29 Å². The van der Waals surface area contributed by atoms with E-state index in [0.717, 1.165) is 0 Å². The molecule has 0 aromatic carbocycles. The number of amides is 2. The van der Waals surface area contributed by atoms with E-state index in [0.29, 0.717) is 0 Å². The Morgan fingerprint density at radius 3 is 2.06 bits per heavy atom. The third kappa shape index (κ3) is 5.94. The predicted octanol–water partition coefficient (Wildman–Crippen LogP) is -2.08. The number of carboxylic acids is 1. The highest BCUT2D eigenvalue weighted by Crippen LogP contribution is 1.87. The number of carbonyl (C=O) groups excluding carboxylic acids is 2. The van der Waals surface area contributed by atoms with Crippen LogP contribution in [-0.2, 0) is 23.9 Å². The molecule has 0 heterocycles. The lowest BCUT2D eigenvalue weighted by molar-refractivity contribution is -0.143. The smallest absolute Gasteiger partial charge is 0.322 e. The van der Waals surface area contributed by atoms with E-state index in [1.54, 1.807) is 0 Å². The molecule has 8 heteroatoms. The molecule has 0 spiro atoms. The van der Waals surface area contributed by atoms with Gasteiger partial charge < -0.3 is 25.2 Å². The summed E-state index contributed by atoms with van der Waals surface area (Å²) in [6.07, 6.45) is -0.656. The van der Waals surface area contributed by atoms with Gasteiger partial charge in [0.15, 0.2) is 6.29 Å². The van der Waals surface area contributed by atoms with Crippen molar-refractivity contribution in [3.05, 3.63) is 0 Å². The van der Waals surface area contributed by atoms with Gasteiger partial charge in [0.25, 0.3) is 0 Å². The molecule has 8 nitrogen and oxygen atoms in total. The molecular weight excluding hydrogens is 220 g/mol. The Bertz CT molecular complexity index is 263. The lowest BCUT2D eigenvalue weighted by atomic mass is 10.5. The van der Waals surface area contributed by atoms with Gasteiger partial charge in [0.2, 0.25) is 0 Å². The molecule has 3 N–H and O–H groups in total. The van der Waals surface area contributed by atoms with Gasteiger partial charge in [-0.15, -0.1) is 0 Å². The molecule has 92 valence electrons. The third-order valence-corrected chi connectivity index (χ3v) is 1.56. The van der Waals surface area contributed by atoms with Gasteiger partial charge in [0.1, 0.15) is 6.54 Å². The molecule has 0 aromatic heterocycles. The van der Waals surface area contributed by atoms with Crippen LogP contribution in [0, 0.1) is 0 Å². The molecule has 2 amide bonds. The fourth-order valence-electron chi connectivity index (χ4n) is 0.755. The zero-order chi connectivity index (χ0) is 12.6. The summed E-state index contributed by atoms with van der Waals surface area (Å²) in [6.45, 7) is -0.615. The van der Waals surface area contributed by atoms with Gasteiger partial charge in [-0.3, -0.25) is 14.4 Å². The Morgan fingerprint density at radius 1 is 1.12 bits per heavy atom. The minimum absolute atomic E-state index is 0.00761. The summed E-state index contributed by atoms with van der Waals surface area (Å²) in [5.74, 6) is -3.19. The molecule has 0 aliphatic rings. The minimum Gasteiger partial charge on any atom is -0.480 e. The van der Waals surface area contributed by atoms with E-state index in [1.807, 2.05) is 5.32 Å². The van der Waals surface area contributed by atoms with Crippen molar-refractivity contribution in [3.63, 3.8) is 0 Å². The molecule has 0 bridgehead atoms. The monoisotopic (exact) mass is 234 g/mol. The number of nitrogens with one attached hydrogen (secondary N) is 2. The van der Waals surface area contributed by atoms with E-state index in [9.17, 15) is 14.4 Å². The van der Waals surface area contributed by atoms with E-state index >= 15 is 0 Å². The second-order valence-electron chi connectivity index (χ2n) is 2.69. The number of hydrogen-bond acceptors (Lipinski definition) is 5. The average molecular weight is 234 g/mol. The summed E-state index contributed by atoms with van der Waals surface area (Å²) in [5.41, 5.74) is 0. The van der Waals surface area contributed by atoms with Gasteiger partial charge in [-0.05, 0) is 0 Å². The van der Waals surface area contributed by atoms with Crippen LogP contribution in [-0.4, -0.2) is 56.5 Å². The van der Waals surface area contributed by atoms with E-state index in [1.165, 1.54) is 14.2 Å². The quantitative estimate of drug-likeness (QED) is 0.359. The Labute approximate surface area is 91.9 Å². The van der Waals surface area contributed by atoms with Crippen LogP contribution in [0.1, 0.15) is 0 Å². The first kappa shape index (κ1) is 14.3. The van der Waals surface area contributed by atoms with E-state index in [-0.39, 0.29) is 6.54 Å². The molecule has 0 radical (unpaired) electrons. The van der Waals surface area contributed by atoms with Crippen LogP contribution in [0.3, 0.4) is 0 Å². The molecule has 0 saturated carbocycles. The molecular formula is C8H14N2O6. The number of carboxylic acid groups (broad SMARTS) is 1. The molecule has 0 saturated heterocycles. The first-order chi connectivity index (χ1) is 7.51. The van der Waals surface area contributed by atoms with Crippen molar-refractivity contribution in [2.75, 3.05) is 27.3 Å². The highest BCUT2D eigenvalue weighted by Gasteiger charge is 2.15. The number of carbonyl (C=O) groups is 3. The molecule has 0 atom stereocenters. The van der Waals surface area contributed by atoms with Crippen LogP contribution >= 0.6 is 0 Å². The maximum absolute atomic E-state index is 11.1. The lowest BCUT2D eigenvalue weighted by Gasteiger charge is -2.13. The van der Waals surface area contributed by atoms with Crippen LogP contribution in [0.5, 0.6) is 0 Å². The fraction of sp³-hybridized carbons (Fsp3) is 0.625. The Kier molecular flexibility index (Phi) is 6.81. The van der Waals surface area contributed by atoms with Crippen LogP contribution < -0.4 is 10.6 Å². The summed E-state index contributed by atoms with van der Waals surface area (Å²) in [5, 5.41) is 12.4. The highest BCUT2D eigenvalue weighted by molar-refractivity contribution is 6.35. The number of ether oxygens (including phenoxy) is 2. The van der Waals surface area contributed by atoms with Crippen LogP contribution in [0.25, 0.3) is 0 Å². The first-order valence-corrected chi connectivity index (χ1v) is 4.34. The van der Waals surface area contributed by atoms with Gasteiger partial charge in [-0.25, -0.2) is 0 Å². The van der Waals surface area contributed by atoms with Crippen molar-refractivity contribution >= 4 is 17.8 Å². The van der Waals surface area contributed by atoms with Crippen molar-refractivity contribution < 1.29 is 29.0 Å². The normalized spacial score (nSPS) is 9.94. The summed E-state index contributed by atoms with van der Waals surface area (Å²) in [4.78, 5) is 32.1. The van der Waals surface area contributed by atoms with Gasteiger partial charge in [-0.1, -0.05) is 0 Å². The Hall–Kier alpha value is -1.67. The average Bonchev–Trinajstić information content (AvgIpc) is 2.26. The number of rotatable bonds is 6. The van der Waals surface area contributed by atoms with Crippen LogP contribution in [0.15, 0.2) is 0 Å². The highest BCUT2D eigenvalue weighted by atomic mass is 16.7. The lowest BCUT2D eigenvalue weighted by Crippen LogP contribution is -2.44. The Morgan fingerprint density at radius 2 is 1.62 bits per heavy atom. The predicted molar refractivity (Wildman–Crippen MR) is 51.5 cm³/mol. The van der Waals surface area contributed by atoms with E-state index in [2.05, 4.69) is 5.32 Å². The largest absolute Gasteiger partial charge is 0.480 e.